The van der Waals surface area contributed by atoms with E-state index in [2.05, 4.69) is 0 Å². The Hall–Kier alpha value is -2.58. The lowest BCUT2D eigenvalue weighted by Gasteiger charge is -2.25. The van der Waals surface area contributed by atoms with Gasteiger partial charge < -0.3 is 10.0 Å². The zero-order valence-electron chi connectivity index (χ0n) is 11.2. The Bertz CT molecular complexity index is 604. The van der Waals surface area contributed by atoms with Gasteiger partial charge in [-0.15, -0.1) is 0 Å². The van der Waals surface area contributed by atoms with Crippen LogP contribution in [0.2, 0.25) is 0 Å². The molecular formula is C12H12F2N2O5. The van der Waals surface area contributed by atoms with Gasteiger partial charge in [-0.2, -0.15) is 4.39 Å². The van der Waals surface area contributed by atoms with E-state index in [0.29, 0.717) is 12.1 Å². The fraction of sp³-hybridized carbons (Fsp3) is 0.333. The van der Waals surface area contributed by atoms with E-state index in [9.17, 15) is 28.5 Å². The van der Waals surface area contributed by atoms with Crippen molar-refractivity contribution in [2.75, 3.05) is 6.54 Å². The molecule has 7 nitrogen and oxygen atoms in total. The van der Waals surface area contributed by atoms with Crippen molar-refractivity contribution in [2.24, 2.45) is 0 Å². The Morgan fingerprint density at radius 3 is 2.38 bits per heavy atom. The van der Waals surface area contributed by atoms with Gasteiger partial charge in [-0.05, 0) is 19.9 Å². The van der Waals surface area contributed by atoms with E-state index >= 15 is 0 Å². The van der Waals surface area contributed by atoms with Crippen LogP contribution in [0.15, 0.2) is 12.1 Å². The fourth-order valence-corrected chi connectivity index (χ4v) is 1.65. The predicted octanol–water partition coefficient (Wildman–Crippen LogP) is 1.81. The number of hydrogen-bond donors (Lipinski definition) is 1. The molecule has 0 atom stereocenters. The highest BCUT2D eigenvalue weighted by molar-refractivity contribution is 5.97. The summed E-state index contributed by atoms with van der Waals surface area (Å²) in [5, 5.41) is 19.3. The highest BCUT2D eigenvalue weighted by atomic mass is 19.1. The molecular weight excluding hydrogens is 290 g/mol. The quantitative estimate of drug-likeness (QED) is 0.660. The normalized spacial score (nSPS) is 10.5. The van der Waals surface area contributed by atoms with Crippen molar-refractivity contribution in [1.82, 2.24) is 4.90 Å². The van der Waals surface area contributed by atoms with Gasteiger partial charge in [0.15, 0.2) is 0 Å². The SMILES string of the molecule is CC(C)N(CC(=O)O)C(=O)c1cc(F)cc([N+](=O)[O-])c1F. The van der Waals surface area contributed by atoms with Gasteiger partial charge in [0, 0.05) is 6.04 Å². The molecule has 0 aromatic heterocycles. The van der Waals surface area contributed by atoms with Crippen molar-refractivity contribution >= 4 is 17.6 Å². The molecule has 0 aliphatic heterocycles. The van der Waals surface area contributed by atoms with Gasteiger partial charge in [0.05, 0.1) is 16.6 Å². The second kappa shape index (κ2) is 6.25. The first-order valence-corrected chi connectivity index (χ1v) is 5.81. The third-order valence-electron chi connectivity index (χ3n) is 2.64. The molecule has 9 heteroatoms. The maximum atomic E-state index is 13.9. The van der Waals surface area contributed by atoms with Crippen molar-refractivity contribution in [2.45, 2.75) is 19.9 Å². The minimum atomic E-state index is -1.50. The second-order valence-corrected chi connectivity index (χ2v) is 4.46. The van der Waals surface area contributed by atoms with Crippen molar-refractivity contribution in [1.29, 1.82) is 0 Å². The fourth-order valence-electron chi connectivity index (χ4n) is 1.65. The molecule has 21 heavy (non-hydrogen) atoms. The molecule has 0 unspecified atom stereocenters. The third-order valence-corrected chi connectivity index (χ3v) is 2.64. The highest BCUT2D eigenvalue weighted by Crippen LogP contribution is 2.24. The Morgan fingerprint density at radius 1 is 1.38 bits per heavy atom. The van der Waals surface area contributed by atoms with Gasteiger partial charge in [-0.3, -0.25) is 19.7 Å². The lowest BCUT2D eigenvalue weighted by Crippen LogP contribution is -2.41. The average molecular weight is 302 g/mol. The zero-order valence-corrected chi connectivity index (χ0v) is 11.2. The summed E-state index contributed by atoms with van der Waals surface area (Å²) in [5.74, 6) is -5.14. The van der Waals surface area contributed by atoms with Gasteiger partial charge >= 0.3 is 11.7 Å². The maximum Gasteiger partial charge on any atom is 0.323 e. The first kappa shape index (κ1) is 16.5. The molecule has 0 aliphatic carbocycles. The summed E-state index contributed by atoms with van der Waals surface area (Å²) < 4.78 is 27.2. The summed E-state index contributed by atoms with van der Waals surface area (Å²) in [6, 6.07) is 0.237. The van der Waals surface area contributed by atoms with E-state index < -0.39 is 52.3 Å². The van der Waals surface area contributed by atoms with Crippen LogP contribution < -0.4 is 0 Å². The second-order valence-electron chi connectivity index (χ2n) is 4.46. The average Bonchev–Trinajstić information content (AvgIpc) is 2.36. The predicted molar refractivity (Wildman–Crippen MR) is 66.8 cm³/mol. The minimum absolute atomic E-state index is 0.350. The molecule has 0 aliphatic rings. The summed E-state index contributed by atoms with van der Waals surface area (Å²) >= 11 is 0. The van der Waals surface area contributed by atoms with E-state index in [0.717, 1.165) is 4.90 Å². The van der Waals surface area contributed by atoms with Crippen molar-refractivity contribution in [3.05, 3.63) is 39.4 Å². The lowest BCUT2D eigenvalue weighted by molar-refractivity contribution is -0.387. The summed E-state index contributed by atoms with van der Waals surface area (Å²) in [7, 11) is 0. The summed E-state index contributed by atoms with van der Waals surface area (Å²) in [6.45, 7) is 2.22. The molecule has 0 bridgehead atoms. The summed E-state index contributed by atoms with van der Waals surface area (Å²) in [6.07, 6.45) is 0. The Morgan fingerprint density at radius 2 is 1.95 bits per heavy atom. The van der Waals surface area contributed by atoms with E-state index in [1.165, 1.54) is 13.8 Å². The standard InChI is InChI=1S/C12H12F2N2O5/c1-6(2)15(5-10(17)18)12(19)8-3-7(13)4-9(11(8)14)16(20)21/h3-4,6H,5H2,1-2H3,(H,17,18). The maximum absolute atomic E-state index is 13.9. The number of carbonyl (C=O) groups is 2. The van der Waals surface area contributed by atoms with Crippen LogP contribution in [0, 0.1) is 21.7 Å². The highest BCUT2D eigenvalue weighted by Gasteiger charge is 2.29. The molecule has 0 spiro atoms. The number of halogens is 2. The smallest absolute Gasteiger partial charge is 0.323 e. The number of hydrogen-bond acceptors (Lipinski definition) is 4. The lowest BCUT2D eigenvalue weighted by atomic mass is 10.1. The van der Waals surface area contributed by atoms with Gasteiger partial charge in [-0.25, -0.2) is 4.39 Å². The van der Waals surface area contributed by atoms with E-state index in [4.69, 9.17) is 5.11 Å². The molecule has 0 heterocycles. The van der Waals surface area contributed by atoms with Crippen LogP contribution in [0.25, 0.3) is 0 Å². The first-order chi connectivity index (χ1) is 9.65. The van der Waals surface area contributed by atoms with E-state index in [1.807, 2.05) is 0 Å². The van der Waals surface area contributed by atoms with Crippen LogP contribution in [-0.4, -0.2) is 39.4 Å². The number of carboxylic acids is 1. The Balaban J connectivity index is 3.34. The molecule has 0 fully saturated rings. The molecule has 1 N–H and O–H groups in total. The van der Waals surface area contributed by atoms with Gasteiger partial charge in [-0.1, -0.05) is 0 Å². The number of rotatable bonds is 5. The van der Waals surface area contributed by atoms with Crippen LogP contribution in [0.4, 0.5) is 14.5 Å². The number of carbonyl (C=O) groups excluding carboxylic acids is 1. The van der Waals surface area contributed by atoms with Crippen molar-refractivity contribution < 1.29 is 28.4 Å². The molecule has 114 valence electrons. The molecule has 0 saturated carbocycles. The summed E-state index contributed by atoms with van der Waals surface area (Å²) in [5.41, 5.74) is -2.06. The van der Waals surface area contributed by atoms with E-state index in [1.54, 1.807) is 0 Å². The topological polar surface area (TPSA) is 101 Å². The van der Waals surface area contributed by atoms with Gasteiger partial charge in [0.1, 0.15) is 12.4 Å². The number of amides is 1. The number of nitro benzene ring substituents is 1. The molecule has 1 rings (SSSR count). The number of carboxylic acid groups (broad SMARTS) is 1. The van der Waals surface area contributed by atoms with Crippen LogP contribution in [0.3, 0.4) is 0 Å². The third kappa shape index (κ3) is 3.71. The molecule has 1 aromatic carbocycles. The zero-order chi connectivity index (χ0) is 16.3. The van der Waals surface area contributed by atoms with Crippen molar-refractivity contribution in [3.8, 4) is 0 Å². The van der Waals surface area contributed by atoms with Gasteiger partial charge in [0.2, 0.25) is 5.82 Å². The largest absolute Gasteiger partial charge is 0.480 e. The summed E-state index contributed by atoms with van der Waals surface area (Å²) in [4.78, 5) is 33.0. The molecule has 1 amide bonds. The minimum Gasteiger partial charge on any atom is -0.480 e. The van der Waals surface area contributed by atoms with E-state index in [-0.39, 0.29) is 0 Å². The molecule has 1 aromatic rings. The van der Waals surface area contributed by atoms with Crippen LogP contribution in [-0.2, 0) is 4.79 Å². The first-order valence-electron chi connectivity index (χ1n) is 5.81. The Labute approximate surface area is 117 Å². The van der Waals surface area contributed by atoms with Crippen LogP contribution in [0.1, 0.15) is 24.2 Å². The Kier molecular flexibility index (Phi) is 4.90. The number of nitrogens with zero attached hydrogens (tertiary/aromatic N) is 2. The number of aliphatic carboxylic acids is 1. The van der Waals surface area contributed by atoms with Gasteiger partial charge in [0.25, 0.3) is 5.91 Å². The molecule has 0 radical (unpaired) electrons. The van der Waals surface area contributed by atoms with Crippen molar-refractivity contribution in [3.63, 3.8) is 0 Å². The van der Waals surface area contributed by atoms with Crippen LogP contribution in [0.5, 0.6) is 0 Å². The van der Waals surface area contributed by atoms with Crippen LogP contribution >= 0.6 is 0 Å². The number of nitro groups is 1. The molecule has 0 saturated heterocycles. The number of benzene rings is 1. The monoisotopic (exact) mass is 302 g/mol.